The van der Waals surface area contributed by atoms with Gasteiger partial charge in [-0.25, -0.2) is 4.39 Å². The van der Waals surface area contributed by atoms with Crippen LogP contribution in [0.15, 0.2) is 83.9 Å². The average Bonchev–Trinajstić information content (AvgIpc) is 2.73. The first-order chi connectivity index (χ1) is 13.9. The van der Waals surface area contributed by atoms with E-state index in [-0.39, 0.29) is 11.7 Å². The molecule has 150 valence electrons. The van der Waals surface area contributed by atoms with Gasteiger partial charge in [-0.05, 0) is 55.8 Å². The molecule has 0 fully saturated rings. The lowest BCUT2D eigenvalue weighted by Crippen LogP contribution is -2.47. The molecule has 0 N–H and O–H groups in total. The largest absolute Gasteiger partial charge is 0.327 e. The van der Waals surface area contributed by atoms with Crippen LogP contribution in [0.4, 0.5) is 4.39 Å². The summed E-state index contributed by atoms with van der Waals surface area (Å²) in [6.07, 6.45) is 1.68. The van der Waals surface area contributed by atoms with Crippen molar-refractivity contribution < 1.29 is 13.4 Å². The fourth-order valence-corrected chi connectivity index (χ4v) is 4.10. The van der Waals surface area contributed by atoms with Gasteiger partial charge in [0.25, 0.3) is 0 Å². The molecule has 0 saturated carbocycles. The van der Waals surface area contributed by atoms with Crippen LogP contribution in [-0.4, -0.2) is 25.8 Å². The Morgan fingerprint density at radius 1 is 1.00 bits per heavy atom. The Balaban J connectivity index is 1.88. The van der Waals surface area contributed by atoms with Crippen LogP contribution < -0.4 is 0 Å². The third kappa shape index (κ3) is 5.15. The van der Waals surface area contributed by atoms with Crippen LogP contribution in [0.25, 0.3) is 0 Å². The van der Waals surface area contributed by atoms with Gasteiger partial charge in [-0.2, -0.15) is 0 Å². The molecule has 1 amide bonds. The number of benzene rings is 2. The van der Waals surface area contributed by atoms with E-state index in [4.69, 9.17) is 0 Å². The van der Waals surface area contributed by atoms with Gasteiger partial charge < -0.3 is 4.90 Å². The Morgan fingerprint density at radius 2 is 1.66 bits per heavy atom. The van der Waals surface area contributed by atoms with E-state index in [9.17, 15) is 13.4 Å². The molecule has 29 heavy (non-hydrogen) atoms. The summed E-state index contributed by atoms with van der Waals surface area (Å²) in [6.45, 7) is 4.22. The number of rotatable bonds is 7. The molecule has 1 atom stereocenters. The van der Waals surface area contributed by atoms with E-state index in [1.54, 1.807) is 11.1 Å². The standard InChI is InChI=1S/C23H23FN2O2S/c1-23(2,18-8-4-3-5-9-18)26(16-20-10-6-7-15-25-20)22(27)17-29(28)21-13-11-19(24)12-14-21/h3-15H,16-17H2,1-2H3. The molecule has 0 saturated heterocycles. The second-order valence-corrected chi connectivity index (χ2v) is 8.62. The molecule has 0 spiro atoms. The Morgan fingerprint density at radius 3 is 2.28 bits per heavy atom. The predicted molar refractivity (Wildman–Crippen MR) is 112 cm³/mol. The molecule has 2 aromatic carbocycles. The van der Waals surface area contributed by atoms with Crippen LogP contribution in [0, 0.1) is 5.82 Å². The molecule has 1 heterocycles. The third-order valence-corrected chi connectivity index (χ3v) is 6.14. The number of carbonyl (C=O) groups excluding carboxylic acids is 1. The maximum absolute atomic E-state index is 13.2. The maximum atomic E-state index is 13.2. The zero-order valence-electron chi connectivity index (χ0n) is 16.4. The lowest BCUT2D eigenvalue weighted by atomic mass is 9.92. The molecule has 0 radical (unpaired) electrons. The maximum Gasteiger partial charge on any atom is 0.236 e. The van der Waals surface area contributed by atoms with E-state index < -0.39 is 22.2 Å². The second-order valence-electron chi connectivity index (χ2n) is 7.17. The van der Waals surface area contributed by atoms with E-state index in [2.05, 4.69) is 4.98 Å². The number of hydrogen-bond acceptors (Lipinski definition) is 3. The minimum Gasteiger partial charge on any atom is -0.327 e. The van der Waals surface area contributed by atoms with Gasteiger partial charge in [-0.3, -0.25) is 14.0 Å². The van der Waals surface area contributed by atoms with Gasteiger partial charge in [0.2, 0.25) is 5.91 Å². The third-order valence-electron chi connectivity index (χ3n) is 4.83. The SMILES string of the molecule is CC(C)(c1ccccc1)N(Cc1ccccn1)C(=O)CS(=O)c1ccc(F)cc1. The summed E-state index contributed by atoms with van der Waals surface area (Å²) in [6, 6.07) is 20.7. The molecular weight excluding hydrogens is 387 g/mol. The molecular formula is C23H23FN2O2S. The van der Waals surface area contributed by atoms with Crippen molar-refractivity contribution in [3.05, 3.63) is 96.1 Å². The van der Waals surface area contributed by atoms with Gasteiger partial charge in [0.05, 0.1) is 28.6 Å². The van der Waals surface area contributed by atoms with Gasteiger partial charge in [-0.15, -0.1) is 0 Å². The van der Waals surface area contributed by atoms with Crippen LogP contribution in [0.2, 0.25) is 0 Å². The van der Waals surface area contributed by atoms with Crippen LogP contribution in [-0.2, 0) is 27.7 Å². The molecule has 0 aliphatic carbocycles. The predicted octanol–water partition coefficient (Wildman–Crippen LogP) is 4.29. The number of amides is 1. The smallest absolute Gasteiger partial charge is 0.236 e. The van der Waals surface area contributed by atoms with E-state index in [0.29, 0.717) is 11.4 Å². The van der Waals surface area contributed by atoms with Crippen molar-refractivity contribution in [2.45, 2.75) is 30.8 Å². The van der Waals surface area contributed by atoms with E-state index in [1.807, 2.05) is 62.4 Å². The van der Waals surface area contributed by atoms with Gasteiger partial charge in [0.15, 0.2) is 0 Å². The highest BCUT2D eigenvalue weighted by atomic mass is 32.2. The van der Waals surface area contributed by atoms with Crippen molar-refractivity contribution in [2.24, 2.45) is 0 Å². The quantitative estimate of drug-likeness (QED) is 0.584. The summed E-state index contributed by atoms with van der Waals surface area (Å²) < 4.78 is 25.9. The first kappa shape index (κ1) is 20.9. The van der Waals surface area contributed by atoms with Crippen molar-refractivity contribution in [1.82, 2.24) is 9.88 Å². The number of hydrogen-bond donors (Lipinski definition) is 0. The molecule has 1 aromatic heterocycles. The van der Waals surface area contributed by atoms with Gasteiger partial charge in [0, 0.05) is 11.1 Å². The highest BCUT2D eigenvalue weighted by Crippen LogP contribution is 2.29. The van der Waals surface area contributed by atoms with Gasteiger partial charge >= 0.3 is 0 Å². The van der Waals surface area contributed by atoms with Crippen LogP contribution >= 0.6 is 0 Å². The lowest BCUT2D eigenvalue weighted by Gasteiger charge is -2.39. The summed E-state index contributed by atoms with van der Waals surface area (Å²) in [5.74, 6) is -0.847. The fourth-order valence-electron chi connectivity index (χ4n) is 3.11. The van der Waals surface area contributed by atoms with Crippen molar-refractivity contribution in [2.75, 3.05) is 5.75 Å². The number of carbonyl (C=O) groups is 1. The Labute approximate surface area is 172 Å². The highest BCUT2D eigenvalue weighted by molar-refractivity contribution is 7.85. The minimum atomic E-state index is -1.57. The number of nitrogens with zero attached hydrogens (tertiary/aromatic N) is 2. The summed E-state index contributed by atoms with van der Waals surface area (Å²) >= 11 is 0. The van der Waals surface area contributed by atoms with Gasteiger partial charge in [-0.1, -0.05) is 36.4 Å². The minimum absolute atomic E-state index is 0.186. The number of pyridine rings is 1. The molecule has 6 heteroatoms. The Bertz CT molecular complexity index is 977. The first-order valence-electron chi connectivity index (χ1n) is 9.28. The van der Waals surface area contributed by atoms with E-state index in [0.717, 1.165) is 11.3 Å². The van der Waals surface area contributed by atoms with Crippen molar-refractivity contribution in [3.63, 3.8) is 0 Å². The van der Waals surface area contributed by atoms with Crippen molar-refractivity contribution in [3.8, 4) is 0 Å². The molecule has 1 unspecified atom stereocenters. The fraction of sp³-hybridized carbons (Fsp3) is 0.217. The first-order valence-corrected chi connectivity index (χ1v) is 10.6. The summed E-state index contributed by atoms with van der Waals surface area (Å²) in [5, 5.41) is 0. The molecule has 0 aliphatic heterocycles. The number of aromatic nitrogens is 1. The zero-order valence-corrected chi connectivity index (χ0v) is 17.2. The van der Waals surface area contributed by atoms with Crippen molar-refractivity contribution >= 4 is 16.7 Å². The summed E-state index contributed by atoms with van der Waals surface area (Å²) in [4.78, 5) is 19.7. The van der Waals surface area contributed by atoms with Gasteiger partial charge in [0.1, 0.15) is 11.6 Å². The molecule has 4 nitrogen and oxygen atoms in total. The van der Waals surface area contributed by atoms with Crippen LogP contribution in [0.5, 0.6) is 0 Å². The van der Waals surface area contributed by atoms with Crippen LogP contribution in [0.3, 0.4) is 0 Å². The molecule has 3 rings (SSSR count). The van der Waals surface area contributed by atoms with E-state index in [1.165, 1.54) is 24.3 Å². The Kier molecular flexibility index (Phi) is 6.54. The topological polar surface area (TPSA) is 50.3 Å². The molecule has 0 aliphatic rings. The second kappa shape index (κ2) is 9.09. The normalized spacial score (nSPS) is 12.4. The molecule has 0 bridgehead atoms. The summed E-state index contributed by atoms with van der Waals surface area (Å²) in [7, 11) is -1.57. The van der Waals surface area contributed by atoms with Crippen LogP contribution in [0.1, 0.15) is 25.1 Å². The van der Waals surface area contributed by atoms with E-state index >= 15 is 0 Å². The number of halogens is 1. The molecule has 3 aromatic rings. The highest BCUT2D eigenvalue weighted by Gasteiger charge is 2.33. The summed E-state index contributed by atoms with van der Waals surface area (Å²) in [5.41, 5.74) is 1.08. The average molecular weight is 411 g/mol. The monoisotopic (exact) mass is 410 g/mol. The van der Waals surface area contributed by atoms with Crippen molar-refractivity contribution in [1.29, 1.82) is 0 Å². The Hall–Kier alpha value is -2.86. The lowest BCUT2D eigenvalue weighted by molar-refractivity contribution is -0.135. The zero-order chi connectivity index (χ0) is 20.9.